The number of fused-ring (bicyclic) bond motifs is 1. The molecule has 25 heavy (non-hydrogen) atoms. The van der Waals surface area contributed by atoms with Crippen LogP contribution in [0.2, 0.25) is 0 Å². The first-order valence-corrected chi connectivity index (χ1v) is 9.38. The number of benzene rings is 1. The molecule has 0 aliphatic rings. The second-order valence-corrected chi connectivity index (χ2v) is 7.76. The maximum absolute atomic E-state index is 12.0. The second-order valence-electron chi connectivity index (χ2n) is 6.64. The van der Waals surface area contributed by atoms with Crippen LogP contribution in [0.15, 0.2) is 24.3 Å². The summed E-state index contributed by atoms with van der Waals surface area (Å²) >= 11 is 1.63. The van der Waals surface area contributed by atoms with E-state index in [-0.39, 0.29) is 17.2 Å². The Morgan fingerprint density at radius 1 is 1.28 bits per heavy atom. The number of carbonyl (C=O) groups excluding carboxylic acids is 1. The monoisotopic (exact) mass is 364 g/mol. The maximum atomic E-state index is 12.0. The summed E-state index contributed by atoms with van der Waals surface area (Å²) in [5.41, 5.74) is 0.693. The third-order valence-electron chi connectivity index (χ3n) is 4.27. The Bertz CT molecular complexity index is 677. The molecular formula is C19H28N2O3S. The Morgan fingerprint density at radius 3 is 2.40 bits per heavy atom. The number of hydrogen-bond donors (Lipinski definition) is 2. The standard InChI is InChI=1S/C14H18N2OS.C5H10O2/c1-4-14(2,3)13(17)15-9-12-16-10-7-5-6-8-11(10)18-12;1-3-4(2)5(6)7/h5-8H,4,9H2,1-3H3,(H,15,17);4H,3H2,1-2H3,(H,6,7). The molecular weight excluding hydrogens is 336 g/mol. The lowest BCUT2D eigenvalue weighted by atomic mass is 9.89. The Kier molecular flexibility index (Phi) is 8.03. The molecule has 0 spiro atoms. The zero-order chi connectivity index (χ0) is 19.0. The molecule has 1 aromatic carbocycles. The summed E-state index contributed by atoms with van der Waals surface area (Å²) in [5, 5.41) is 12.1. The van der Waals surface area contributed by atoms with Crippen LogP contribution < -0.4 is 5.32 Å². The van der Waals surface area contributed by atoms with Gasteiger partial charge in [-0.15, -0.1) is 11.3 Å². The molecule has 0 saturated heterocycles. The lowest BCUT2D eigenvalue weighted by Gasteiger charge is -2.20. The van der Waals surface area contributed by atoms with Crippen molar-refractivity contribution < 1.29 is 14.7 Å². The predicted octanol–water partition coefficient (Wildman–Crippen LogP) is 4.47. The summed E-state index contributed by atoms with van der Waals surface area (Å²) in [7, 11) is 0. The van der Waals surface area contributed by atoms with Crippen molar-refractivity contribution in [1.82, 2.24) is 10.3 Å². The quantitative estimate of drug-likeness (QED) is 0.793. The van der Waals surface area contributed by atoms with E-state index < -0.39 is 5.97 Å². The minimum Gasteiger partial charge on any atom is -0.481 e. The zero-order valence-electron chi connectivity index (χ0n) is 15.6. The molecule has 1 heterocycles. The van der Waals surface area contributed by atoms with Gasteiger partial charge in [-0.2, -0.15) is 0 Å². The minimum absolute atomic E-state index is 0.0873. The van der Waals surface area contributed by atoms with Gasteiger partial charge in [0.1, 0.15) is 5.01 Å². The van der Waals surface area contributed by atoms with Crippen molar-refractivity contribution in [2.45, 2.75) is 54.0 Å². The molecule has 0 bridgehead atoms. The van der Waals surface area contributed by atoms with Gasteiger partial charge in [-0.05, 0) is 25.0 Å². The number of thiazole rings is 1. The number of nitrogens with one attached hydrogen (secondary N) is 1. The molecule has 1 atom stereocenters. The van der Waals surface area contributed by atoms with Crippen LogP contribution in [0, 0.1) is 11.3 Å². The summed E-state index contributed by atoms with van der Waals surface area (Å²) in [6, 6.07) is 8.02. The van der Waals surface area contributed by atoms with Gasteiger partial charge in [0.15, 0.2) is 0 Å². The van der Waals surface area contributed by atoms with Crippen molar-refractivity contribution in [1.29, 1.82) is 0 Å². The minimum atomic E-state index is -0.706. The van der Waals surface area contributed by atoms with Gasteiger partial charge in [0, 0.05) is 5.41 Å². The fourth-order valence-electron chi connectivity index (χ4n) is 1.73. The van der Waals surface area contributed by atoms with E-state index in [0.29, 0.717) is 6.54 Å². The highest BCUT2D eigenvalue weighted by molar-refractivity contribution is 7.18. The summed E-state index contributed by atoms with van der Waals surface area (Å²) in [6.45, 7) is 10.0. The van der Waals surface area contributed by atoms with Crippen molar-refractivity contribution in [3.63, 3.8) is 0 Å². The average Bonchev–Trinajstić information content (AvgIpc) is 3.02. The number of amides is 1. The average molecular weight is 365 g/mol. The van der Waals surface area contributed by atoms with Crippen LogP contribution in [0.5, 0.6) is 0 Å². The first-order chi connectivity index (χ1) is 11.7. The van der Waals surface area contributed by atoms with Gasteiger partial charge in [-0.3, -0.25) is 9.59 Å². The normalized spacial score (nSPS) is 12.2. The van der Waals surface area contributed by atoms with Gasteiger partial charge in [-0.25, -0.2) is 4.98 Å². The summed E-state index contributed by atoms with van der Waals surface area (Å²) in [5.74, 6) is -0.799. The summed E-state index contributed by atoms with van der Waals surface area (Å²) in [6.07, 6.45) is 1.55. The lowest BCUT2D eigenvalue weighted by molar-refractivity contribution is -0.141. The van der Waals surface area contributed by atoms with Gasteiger partial charge in [0.25, 0.3) is 0 Å². The highest BCUT2D eigenvalue weighted by Gasteiger charge is 2.24. The van der Waals surface area contributed by atoms with E-state index in [1.807, 2.05) is 52.0 Å². The van der Waals surface area contributed by atoms with E-state index >= 15 is 0 Å². The van der Waals surface area contributed by atoms with E-state index in [2.05, 4.69) is 10.3 Å². The van der Waals surface area contributed by atoms with E-state index in [0.717, 1.165) is 28.1 Å². The molecule has 6 heteroatoms. The zero-order valence-corrected chi connectivity index (χ0v) is 16.4. The van der Waals surface area contributed by atoms with Crippen LogP contribution in [-0.4, -0.2) is 22.0 Å². The van der Waals surface area contributed by atoms with Crippen molar-refractivity contribution in [3.05, 3.63) is 29.3 Å². The number of carbonyl (C=O) groups is 2. The molecule has 0 saturated carbocycles. The molecule has 0 radical (unpaired) electrons. The topological polar surface area (TPSA) is 79.3 Å². The Hall–Kier alpha value is -1.95. The SMILES string of the molecule is CCC(C)(C)C(=O)NCc1nc2ccccc2s1.CCC(C)C(=O)O. The third-order valence-corrected chi connectivity index (χ3v) is 5.31. The van der Waals surface area contributed by atoms with Gasteiger partial charge in [-0.1, -0.05) is 46.8 Å². The van der Waals surface area contributed by atoms with E-state index in [9.17, 15) is 9.59 Å². The van der Waals surface area contributed by atoms with Crippen LogP contribution in [0.4, 0.5) is 0 Å². The summed E-state index contributed by atoms with van der Waals surface area (Å²) in [4.78, 5) is 26.4. The molecule has 0 aliphatic carbocycles. The van der Waals surface area contributed by atoms with Gasteiger partial charge < -0.3 is 10.4 Å². The van der Waals surface area contributed by atoms with Crippen molar-refractivity contribution in [2.24, 2.45) is 11.3 Å². The number of nitrogens with zero attached hydrogens (tertiary/aromatic N) is 1. The Labute approximate surface area is 153 Å². The van der Waals surface area contributed by atoms with Crippen LogP contribution in [-0.2, 0) is 16.1 Å². The van der Waals surface area contributed by atoms with Crippen LogP contribution in [0.25, 0.3) is 10.2 Å². The Balaban J connectivity index is 0.000000381. The first kappa shape index (κ1) is 21.1. The maximum Gasteiger partial charge on any atom is 0.306 e. The molecule has 138 valence electrons. The van der Waals surface area contributed by atoms with Crippen LogP contribution in [0.1, 0.15) is 52.5 Å². The predicted molar refractivity (Wildman–Crippen MR) is 103 cm³/mol. The van der Waals surface area contributed by atoms with Gasteiger partial charge >= 0.3 is 5.97 Å². The van der Waals surface area contributed by atoms with E-state index in [1.165, 1.54) is 0 Å². The highest BCUT2D eigenvalue weighted by atomic mass is 32.1. The van der Waals surface area contributed by atoms with Crippen molar-refractivity contribution in [3.8, 4) is 0 Å². The number of aromatic nitrogens is 1. The highest BCUT2D eigenvalue weighted by Crippen LogP contribution is 2.23. The number of carboxylic acid groups (broad SMARTS) is 1. The van der Waals surface area contributed by atoms with Gasteiger partial charge in [0.05, 0.1) is 22.7 Å². The molecule has 1 aromatic heterocycles. The summed E-state index contributed by atoms with van der Waals surface area (Å²) < 4.78 is 1.16. The van der Waals surface area contributed by atoms with E-state index in [1.54, 1.807) is 18.3 Å². The second kappa shape index (κ2) is 9.51. The molecule has 0 aliphatic heterocycles. The molecule has 1 amide bonds. The molecule has 0 fully saturated rings. The first-order valence-electron chi connectivity index (χ1n) is 8.56. The molecule has 1 unspecified atom stereocenters. The van der Waals surface area contributed by atoms with Crippen molar-refractivity contribution >= 4 is 33.4 Å². The molecule has 5 nitrogen and oxygen atoms in total. The van der Waals surface area contributed by atoms with Crippen molar-refractivity contribution in [2.75, 3.05) is 0 Å². The fraction of sp³-hybridized carbons (Fsp3) is 0.526. The fourth-order valence-corrected chi connectivity index (χ4v) is 2.63. The van der Waals surface area contributed by atoms with E-state index in [4.69, 9.17) is 5.11 Å². The largest absolute Gasteiger partial charge is 0.481 e. The van der Waals surface area contributed by atoms with Crippen LogP contribution >= 0.6 is 11.3 Å². The number of para-hydroxylation sites is 1. The third kappa shape index (κ3) is 6.46. The number of rotatable bonds is 6. The molecule has 2 N–H and O–H groups in total. The number of hydrogen-bond acceptors (Lipinski definition) is 4. The van der Waals surface area contributed by atoms with Crippen LogP contribution in [0.3, 0.4) is 0 Å². The Morgan fingerprint density at radius 2 is 1.92 bits per heavy atom. The molecule has 2 aromatic rings. The smallest absolute Gasteiger partial charge is 0.306 e. The number of aliphatic carboxylic acids is 1. The van der Waals surface area contributed by atoms with Gasteiger partial charge in [0.2, 0.25) is 5.91 Å². The number of carboxylic acids is 1. The molecule has 2 rings (SSSR count). The lowest BCUT2D eigenvalue weighted by Crippen LogP contribution is -2.35.